The Balaban J connectivity index is 1.16. The summed E-state index contributed by atoms with van der Waals surface area (Å²) in [7, 11) is 0. The number of rotatable bonds is 3. The lowest BCUT2D eigenvalue weighted by atomic mass is 9.68. The lowest BCUT2D eigenvalue weighted by Crippen LogP contribution is -2.26. The van der Waals surface area contributed by atoms with Crippen molar-refractivity contribution in [2.75, 3.05) is 4.90 Å². The van der Waals surface area contributed by atoms with Crippen molar-refractivity contribution in [1.29, 1.82) is 0 Å². The van der Waals surface area contributed by atoms with Crippen molar-refractivity contribution in [1.82, 2.24) is 0 Å². The van der Waals surface area contributed by atoms with Crippen LogP contribution in [0.15, 0.2) is 192 Å². The van der Waals surface area contributed by atoms with Gasteiger partial charge in [-0.1, -0.05) is 152 Å². The van der Waals surface area contributed by atoms with E-state index in [1.165, 1.54) is 66.1 Å². The van der Waals surface area contributed by atoms with Crippen molar-refractivity contribution in [2.45, 2.75) is 5.41 Å². The van der Waals surface area contributed by atoms with Crippen LogP contribution in [0.1, 0.15) is 22.3 Å². The molecule has 0 atom stereocenters. The summed E-state index contributed by atoms with van der Waals surface area (Å²) >= 11 is 0. The SMILES string of the molecule is c1ccc(N(c2ccc3c4c(ccc3c2)-c2ccc3ccccc3c2C42c3ccccc3-c3ccccc32)c2cccc3c2oc2ccccc23)cc1. The van der Waals surface area contributed by atoms with Gasteiger partial charge in [-0.25, -0.2) is 0 Å². The molecule has 0 saturated carbocycles. The third kappa shape index (κ3) is 3.72. The molecule has 2 nitrogen and oxygen atoms in total. The van der Waals surface area contributed by atoms with Crippen molar-refractivity contribution in [3.8, 4) is 22.3 Å². The molecule has 9 aromatic carbocycles. The first-order valence-electron chi connectivity index (χ1n) is 18.4. The van der Waals surface area contributed by atoms with Crippen molar-refractivity contribution in [3.63, 3.8) is 0 Å². The zero-order chi connectivity index (χ0) is 34.7. The number of anilines is 3. The van der Waals surface area contributed by atoms with Crippen molar-refractivity contribution < 1.29 is 4.42 Å². The molecule has 0 N–H and O–H groups in total. The molecule has 0 bridgehead atoms. The fraction of sp³-hybridized carbons (Fsp3) is 0.0196. The number of benzene rings is 9. The molecule has 246 valence electrons. The summed E-state index contributed by atoms with van der Waals surface area (Å²) in [4.78, 5) is 2.34. The summed E-state index contributed by atoms with van der Waals surface area (Å²) in [6.45, 7) is 0. The van der Waals surface area contributed by atoms with Crippen molar-refractivity contribution in [3.05, 3.63) is 210 Å². The molecule has 0 unspecified atom stereocenters. The second-order valence-electron chi connectivity index (χ2n) is 14.4. The summed E-state index contributed by atoms with van der Waals surface area (Å²) in [5.74, 6) is 0. The molecule has 1 heterocycles. The zero-order valence-corrected chi connectivity index (χ0v) is 28.8. The summed E-state index contributed by atoms with van der Waals surface area (Å²) < 4.78 is 6.61. The van der Waals surface area contributed by atoms with Gasteiger partial charge in [-0.15, -0.1) is 0 Å². The normalized spacial score (nSPS) is 13.4. The second-order valence-corrected chi connectivity index (χ2v) is 14.4. The molecule has 53 heavy (non-hydrogen) atoms. The number of furan rings is 1. The Morgan fingerprint density at radius 1 is 0.377 bits per heavy atom. The molecule has 0 aliphatic heterocycles. The Labute approximate surface area is 306 Å². The average Bonchev–Trinajstić information content (AvgIpc) is 3.86. The van der Waals surface area contributed by atoms with Gasteiger partial charge in [0.25, 0.3) is 0 Å². The lowest BCUT2D eigenvalue weighted by molar-refractivity contribution is 0.669. The van der Waals surface area contributed by atoms with Crippen molar-refractivity contribution in [2.24, 2.45) is 0 Å². The van der Waals surface area contributed by atoms with Crippen LogP contribution in [0.25, 0.3) is 65.7 Å². The molecule has 12 rings (SSSR count). The minimum atomic E-state index is -0.460. The van der Waals surface area contributed by atoms with Crippen LogP contribution in [-0.4, -0.2) is 0 Å². The Bertz CT molecular complexity index is 3090. The van der Waals surface area contributed by atoms with Gasteiger partial charge in [-0.3, -0.25) is 0 Å². The van der Waals surface area contributed by atoms with Crippen LogP contribution < -0.4 is 4.90 Å². The van der Waals surface area contributed by atoms with Crippen LogP contribution in [0.5, 0.6) is 0 Å². The van der Waals surface area contributed by atoms with Crippen LogP contribution in [0.4, 0.5) is 17.1 Å². The van der Waals surface area contributed by atoms with E-state index in [9.17, 15) is 0 Å². The molecule has 0 amide bonds. The van der Waals surface area contributed by atoms with Gasteiger partial charge in [0.15, 0.2) is 5.58 Å². The van der Waals surface area contributed by atoms with E-state index in [1.807, 2.05) is 6.07 Å². The summed E-state index contributed by atoms with van der Waals surface area (Å²) in [5, 5.41) is 7.30. The fourth-order valence-electron chi connectivity index (χ4n) is 9.80. The largest absolute Gasteiger partial charge is 0.454 e. The first kappa shape index (κ1) is 28.8. The van der Waals surface area contributed by atoms with Gasteiger partial charge in [0.1, 0.15) is 5.58 Å². The predicted octanol–water partition coefficient (Wildman–Crippen LogP) is 13.7. The maximum atomic E-state index is 6.61. The molecule has 1 aromatic heterocycles. The van der Waals surface area contributed by atoms with E-state index in [4.69, 9.17) is 4.42 Å². The molecule has 2 heteroatoms. The van der Waals surface area contributed by atoms with Gasteiger partial charge >= 0.3 is 0 Å². The fourth-order valence-corrected chi connectivity index (χ4v) is 9.80. The summed E-state index contributed by atoms with van der Waals surface area (Å²) in [6.07, 6.45) is 0. The Morgan fingerprint density at radius 3 is 1.75 bits per heavy atom. The van der Waals surface area contributed by atoms with E-state index in [2.05, 4.69) is 187 Å². The van der Waals surface area contributed by atoms with E-state index in [0.29, 0.717) is 0 Å². The minimum absolute atomic E-state index is 0.460. The van der Waals surface area contributed by atoms with E-state index in [1.54, 1.807) is 0 Å². The minimum Gasteiger partial charge on any atom is -0.454 e. The molecule has 10 aromatic rings. The van der Waals surface area contributed by atoms with E-state index in [0.717, 1.165) is 39.0 Å². The van der Waals surface area contributed by atoms with Crippen LogP contribution >= 0.6 is 0 Å². The van der Waals surface area contributed by atoms with Crippen LogP contribution in [0.3, 0.4) is 0 Å². The van der Waals surface area contributed by atoms with Crippen LogP contribution in [0.2, 0.25) is 0 Å². The van der Waals surface area contributed by atoms with Gasteiger partial charge in [0.2, 0.25) is 0 Å². The molecule has 0 radical (unpaired) electrons. The van der Waals surface area contributed by atoms with E-state index in [-0.39, 0.29) is 0 Å². The molecule has 2 aliphatic rings. The maximum absolute atomic E-state index is 6.61. The van der Waals surface area contributed by atoms with Crippen molar-refractivity contribution >= 4 is 60.5 Å². The highest BCUT2D eigenvalue weighted by molar-refractivity contribution is 6.12. The monoisotopic (exact) mass is 673 g/mol. The number of fused-ring (bicyclic) bond motifs is 17. The Hall–Kier alpha value is -6.90. The first-order valence-corrected chi connectivity index (χ1v) is 18.4. The third-order valence-electron chi connectivity index (χ3n) is 11.8. The number of hydrogen-bond donors (Lipinski definition) is 0. The highest BCUT2D eigenvalue weighted by Gasteiger charge is 2.53. The van der Waals surface area contributed by atoms with Crippen LogP contribution in [0, 0.1) is 0 Å². The molecular formula is C51H31NO. The van der Waals surface area contributed by atoms with Gasteiger partial charge < -0.3 is 9.32 Å². The zero-order valence-electron chi connectivity index (χ0n) is 28.8. The summed E-state index contributed by atoms with van der Waals surface area (Å²) in [6, 6.07) is 68.9. The molecule has 2 aliphatic carbocycles. The van der Waals surface area contributed by atoms with Crippen LogP contribution in [-0.2, 0) is 5.41 Å². The smallest absolute Gasteiger partial charge is 0.159 e. The quantitative estimate of drug-likeness (QED) is 0.186. The molecule has 0 fully saturated rings. The highest BCUT2D eigenvalue weighted by atomic mass is 16.3. The summed E-state index contributed by atoms with van der Waals surface area (Å²) in [5.41, 5.74) is 15.2. The predicted molar refractivity (Wildman–Crippen MR) is 220 cm³/mol. The van der Waals surface area contributed by atoms with Gasteiger partial charge in [-0.05, 0) is 102 Å². The highest BCUT2D eigenvalue weighted by Crippen LogP contribution is 2.65. The molecule has 0 saturated heterocycles. The van der Waals surface area contributed by atoms with Gasteiger partial charge in [-0.2, -0.15) is 0 Å². The topological polar surface area (TPSA) is 16.4 Å². The standard InChI is InChI=1S/C51H31NO/c1-2-14-34(15-3-1)52(46-23-12-20-43-40-19-8-11-24-47(40)53-50(43)46)35-27-30-37-33(31-35)26-29-42-41-28-25-32-13-4-5-16-36(32)48(41)51(49(37)42)44-21-9-6-17-38(44)39-18-7-10-22-45(39)51/h1-31H. The lowest BCUT2D eigenvalue weighted by Gasteiger charge is -2.32. The number of hydrogen-bond acceptors (Lipinski definition) is 2. The van der Waals surface area contributed by atoms with E-state index < -0.39 is 5.41 Å². The maximum Gasteiger partial charge on any atom is 0.159 e. The van der Waals surface area contributed by atoms with E-state index >= 15 is 0 Å². The average molecular weight is 674 g/mol. The molecular weight excluding hydrogens is 643 g/mol. The van der Waals surface area contributed by atoms with Gasteiger partial charge in [0.05, 0.1) is 11.1 Å². The number of para-hydroxylation sites is 3. The Kier molecular flexibility index (Phi) is 5.73. The van der Waals surface area contributed by atoms with Gasteiger partial charge in [0, 0.05) is 22.1 Å². The number of nitrogens with zero attached hydrogens (tertiary/aromatic N) is 1. The third-order valence-corrected chi connectivity index (χ3v) is 11.8. The Morgan fingerprint density at radius 2 is 0.981 bits per heavy atom. The first-order chi connectivity index (χ1) is 26.3. The second kappa shape index (κ2) is 10.6. The molecule has 1 spiro atoms.